The van der Waals surface area contributed by atoms with Crippen LogP contribution in [0.2, 0.25) is 0 Å². The molecule has 4 aromatic carbocycles. The standard InChI is InChI=1S/C42H27N7O/c1-2-12-37(13-3-1)49-39-15-5-4-14-38(39)46-40(49)35-21-31(28-9-6-16-43-25-28)19-33(22-35)34-20-32(29-10-7-17-44-26-29)23-36(24-34)42-48-47-41(50-42)30-11-8-18-45-27-30/h1-27H. The second kappa shape index (κ2) is 12.5. The minimum Gasteiger partial charge on any atom is -0.416 e. The topological polar surface area (TPSA) is 95.4 Å². The van der Waals surface area contributed by atoms with Crippen molar-refractivity contribution >= 4 is 11.0 Å². The van der Waals surface area contributed by atoms with Gasteiger partial charge in [0.1, 0.15) is 5.82 Å². The minimum absolute atomic E-state index is 0.405. The van der Waals surface area contributed by atoms with E-state index in [0.717, 1.165) is 72.6 Å². The highest BCUT2D eigenvalue weighted by Gasteiger charge is 2.19. The van der Waals surface area contributed by atoms with E-state index in [2.05, 4.69) is 96.4 Å². The maximum Gasteiger partial charge on any atom is 0.249 e. The largest absolute Gasteiger partial charge is 0.416 e. The van der Waals surface area contributed by atoms with E-state index in [1.54, 1.807) is 24.8 Å². The van der Waals surface area contributed by atoms with Gasteiger partial charge in [-0.25, -0.2) is 4.98 Å². The molecule has 9 aromatic rings. The molecule has 5 heterocycles. The first-order chi connectivity index (χ1) is 24.8. The Kier molecular flexibility index (Phi) is 7.29. The Balaban J connectivity index is 1.27. The van der Waals surface area contributed by atoms with Gasteiger partial charge in [-0.15, -0.1) is 10.2 Å². The Hall–Kier alpha value is -7.06. The average molecular weight is 646 g/mol. The van der Waals surface area contributed by atoms with Gasteiger partial charge in [0.2, 0.25) is 11.8 Å². The van der Waals surface area contributed by atoms with E-state index in [1.165, 1.54) is 0 Å². The number of fused-ring (bicyclic) bond motifs is 1. The molecule has 50 heavy (non-hydrogen) atoms. The van der Waals surface area contributed by atoms with Crippen LogP contribution in [0, 0.1) is 0 Å². The van der Waals surface area contributed by atoms with Crippen LogP contribution in [-0.2, 0) is 0 Å². The highest BCUT2D eigenvalue weighted by Crippen LogP contribution is 2.38. The molecular formula is C42H27N7O. The molecular weight excluding hydrogens is 619 g/mol. The second-order valence-electron chi connectivity index (χ2n) is 11.8. The van der Waals surface area contributed by atoms with E-state index in [4.69, 9.17) is 9.40 Å². The summed E-state index contributed by atoms with van der Waals surface area (Å²) >= 11 is 0. The van der Waals surface area contributed by atoms with Crippen molar-refractivity contribution in [1.29, 1.82) is 0 Å². The Morgan fingerprint density at radius 2 is 0.920 bits per heavy atom. The van der Waals surface area contributed by atoms with E-state index in [-0.39, 0.29) is 0 Å². The first-order valence-corrected chi connectivity index (χ1v) is 16.2. The molecule has 5 aromatic heterocycles. The maximum absolute atomic E-state index is 6.22. The van der Waals surface area contributed by atoms with Crippen molar-refractivity contribution in [2.45, 2.75) is 0 Å². The Labute approximate surface area is 287 Å². The van der Waals surface area contributed by atoms with Gasteiger partial charge in [-0.05, 0) is 107 Å². The minimum atomic E-state index is 0.405. The summed E-state index contributed by atoms with van der Waals surface area (Å²) in [6.07, 6.45) is 10.7. The van der Waals surface area contributed by atoms with Gasteiger partial charge in [0.05, 0.1) is 16.6 Å². The Morgan fingerprint density at radius 1 is 0.420 bits per heavy atom. The second-order valence-corrected chi connectivity index (χ2v) is 11.8. The summed E-state index contributed by atoms with van der Waals surface area (Å²) in [5.41, 5.74) is 11.4. The van der Waals surface area contributed by atoms with Crippen molar-refractivity contribution in [3.63, 3.8) is 0 Å². The summed E-state index contributed by atoms with van der Waals surface area (Å²) in [5.74, 6) is 1.65. The molecule has 9 rings (SSSR count). The lowest BCUT2D eigenvalue weighted by molar-refractivity contribution is 0.584. The Morgan fingerprint density at radius 3 is 1.52 bits per heavy atom. The molecule has 0 unspecified atom stereocenters. The third-order valence-corrected chi connectivity index (χ3v) is 8.60. The van der Waals surface area contributed by atoms with Crippen LogP contribution in [0.4, 0.5) is 0 Å². The van der Waals surface area contributed by atoms with Crippen molar-refractivity contribution in [2.24, 2.45) is 0 Å². The van der Waals surface area contributed by atoms with Crippen LogP contribution in [-0.4, -0.2) is 34.7 Å². The van der Waals surface area contributed by atoms with Gasteiger partial charge in [0.25, 0.3) is 0 Å². The number of aromatic nitrogens is 7. The molecule has 0 aliphatic carbocycles. The van der Waals surface area contributed by atoms with Crippen LogP contribution in [0.15, 0.2) is 169 Å². The van der Waals surface area contributed by atoms with Gasteiger partial charge < -0.3 is 4.42 Å². The zero-order valence-electron chi connectivity index (χ0n) is 26.6. The zero-order chi connectivity index (χ0) is 33.3. The highest BCUT2D eigenvalue weighted by molar-refractivity contribution is 5.88. The summed E-state index contributed by atoms with van der Waals surface area (Å²) < 4.78 is 8.44. The fraction of sp³-hybridized carbons (Fsp3) is 0. The third-order valence-electron chi connectivity index (χ3n) is 8.60. The van der Waals surface area contributed by atoms with Crippen LogP contribution in [0.25, 0.3) is 84.4 Å². The number of nitrogens with zero attached hydrogens (tertiary/aromatic N) is 7. The predicted molar refractivity (Wildman–Crippen MR) is 195 cm³/mol. The number of imidazole rings is 1. The van der Waals surface area contributed by atoms with Gasteiger partial charge in [-0.2, -0.15) is 0 Å². The summed E-state index contributed by atoms with van der Waals surface area (Å²) in [4.78, 5) is 18.2. The van der Waals surface area contributed by atoms with E-state index in [9.17, 15) is 0 Å². The van der Waals surface area contributed by atoms with Crippen molar-refractivity contribution < 1.29 is 4.42 Å². The lowest BCUT2D eigenvalue weighted by Crippen LogP contribution is -1.98. The maximum atomic E-state index is 6.22. The van der Waals surface area contributed by atoms with E-state index in [1.807, 2.05) is 73.1 Å². The molecule has 236 valence electrons. The molecule has 0 saturated heterocycles. The summed E-state index contributed by atoms with van der Waals surface area (Å²) in [7, 11) is 0. The fourth-order valence-corrected chi connectivity index (χ4v) is 6.25. The van der Waals surface area contributed by atoms with Crippen LogP contribution in [0.3, 0.4) is 0 Å². The van der Waals surface area contributed by atoms with Crippen molar-refractivity contribution in [2.75, 3.05) is 0 Å². The average Bonchev–Trinajstić information content (AvgIpc) is 3.85. The third kappa shape index (κ3) is 5.50. The molecule has 0 atom stereocenters. The highest BCUT2D eigenvalue weighted by atomic mass is 16.4. The van der Waals surface area contributed by atoms with E-state index in [0.29, 0.717) is 11.8 Å². The Bertz CT molecular complexity index is 2580. The van der Waals surface area contributed by atoms with Gasteiger partial charge >= 0.3 is 0 Å². The van der Waals surface area contributed by atoms with Gasteiger partial charge in [0.15, 0.2) is 0 Å². The zero-order valence-corrected chi connectivity index (χ0v) is 26.6. The molecule has 0 aliphatic rings. The predicted octanol–water partition coefficient (Wildman–Crippen LogP) is 9.60. The van der Waals surface area contributed by atoms with Crippen LogP contribution in [0.1, 0.15) is 0 Å². The van der Waals surface area contributed by atoms with Crippen molar-refractivity contribution in [1.82, 2.24) is 34.7 Å². The summed E-state index contributed by atoms with van der Waals surface area (Å²) in [5, 5.41) is 8.80. The lowest BCUT2D eigenvalue weighted by Gasteiger charge is -2.14. The molecule has 0 spiro atoms. The summed E-state index contributed by atoms with van der Waals surface area (Å²) in [6.45, 7) is 0. The number of hydrogen-bond acceptors (Lipinski definition) is 7. The molecule has 0 amide bonds. The molecule has 0 fully saturated rings. The van der Waals surface area contributed by atoms with E-state index < -0.39 is 0 Å². The summed E-state index contributed by atoms with van der Waals surface area (Å²) in [6, 6.07) is 43.2. The molecule has 0 saturated carbocycles. The number of pyridine rings is 3. The first-order valence-electron chi connectivity index (χ1n) is 16.2. The lowest BCUT2D eigenvalue weighted by atomic mass is 9.93. The number of para-hydroxylation sites is 3. The van der Waals surface area contributed by atoms with Crippen LogP contribution in [0.5, 0.6) is 0 Å². The number of rotatable bonds is 7. The van der Waals surface area contributed by atoms with Crippen molar-refractivity contribution in [3.8, 4) is 73.4 Å². The molecule has 8 nitrogen and oxygen atoms in total. The normalized spacial score (nSPS) is 11.2. The molecule has 8 heteroatoms. The van der Waals surface area contributed by atoms with Gasteiger partial charge in [-0.3, -0.25) is 19.5 Å². The smallest absolute Gasteiger partial charge is 0.249 e. The molecule has 0 N–H and O–H groups in total. The van der Waals surface area contributed by atoms with Gasteiger partial charge in [0, 0.05) is 65.1 Å². The van der Waals surface area contributed by atoms with Crippen LogP contribution >= 0.6 is 0 Å². The first kappa shape index (κ1) is 29.1. The fourth-order valence-electron chi connectivity index (χ4n) is 6.25. The van der Waals surface area contributed by atoms with Crippen molar-refractivity contribution in [3.05, 3.63) is 165 Å². The quantitative estimate of drug-likeness (QED) is 0.170. The number of benzene rings is 4. The molecule has 0 aliphatic heterocycles. The molecule has 0 radical (unpaired) electrons. The SMILES string of the molecule is c1ccc(-n2c(-c3cc(-c4cccnc4)cc(-c4cc(-c5cccnc5)cc(-c5nnc(-c6cccnc6)o5)c4)c3)nc3ccccc32)cc1. The molecule has 0 bridgehead atoms. The van der Waals surface area contributed by atoms with E-state index >= 15 is 0 Å². The van der Waals surface area contributed by atoms with Gasteiger partial charge in [-0.1, -0.05) is 42.5 Å². The number of hydrogen-bond donors (Lipinski definition) is 0. The monoisotopic (exact) mass is 645 g/mol. The van der Waals surface area contributed by atoms with Crippen LogP contribution < -0.4 is 0 Å².